The van der Waals surface area contributed by atoms with E-state index in [1.54, 1.807) is 17.9 Å². The molecular formula is C9H9BN4. The SMILES string of the molecule is Cc1ccc[nH+]c1.N#C[BH-](C#N)C#N. The molecule has 4 nitrogen and oxygen atoms in total. The van der Waals surface area contributed by atoms with Gasteiger partial charge in [0.15, 0.2) is 12.4 Å². The highest BCUT2D eigenvalue weighted by Gasteiger charge is 1.90. The van der Waals surface area contributed by atoms with Gasteiger partial charge in [-0.1, -0.05) is 0 Å². The average Bonchev–Trinajstić information content (AvgIpc) is 2.22. The van der Waals surface area contributed by atoms with Gasteiger partial charge in [-0.15, -0.1) is 17.9 Å². The van der Waals surface area contributed by atoms with Gasteiger partial charge >= 0.3 is 0 Å². The fraction of sp³-hybridized carbons (Fsp3) is 0.111. The Morgan fingerprint density at radius 2 is 1.79 bits per heavy atom. The topological polar surface area (TPSA) is 85.5 Å². The summed E-state index contributed by atoms with van der Waals surface area (Å²) in [6, 6.07) is 4.03. The molecule has 0 aliphatic heterocycles. The van der Waals surface area contributed by atoms with Crippen LogP contribution in [0.3, 0.4) is 0 Å². The molecule has 14 heavy (non-hydrogen) atoms. The molecule has 0 bridgehead atoms. The number of nitriles is 3. The smallest absolute Gasteiger partial charge is 0.247 e. The van der Waals surface area contributed by atoms with E-state index in [9.17, 15) is 0 Å². The lowest BCUT2D eigenvalue weighted by atomic mass is 9.55. The Hall–Kier alpha value is -2.32. The number of nitrogens with one attached hydrogen (secondary N) is 1. The summed E-state index contributed by atoms with van der Waals surface area (Å²) in [6.45, 7) is 0.260. The van der Waals surface area contributed by atoms with Crippen LogP contribution in [0.4, 0.5) is 0 Å². The van der Waals surface area contributed by atoms with Gasteiger partial charge in [-0.3, -0.25) is 0 Å². The van der Waals surface area contributed by atoms with Gasteiger partial charge in [0.25, 0.3) is 6.71 Å². The summed E-state index contributed by atoms with van der Waals surface area (Å²) in [7, 11) is 0. The first kappa shape index (κ1) is 11.7. The number of hydrogen-bond acceptors (Lipinski definition) is 3. The molecular weight excluding hydrogens is 175 g/mol. The fourth-order valence-electron chi connectivity index (χ4n) is 0.589. The second kappa shape index (κ2) is 7.34. The highest BCUT2D eigenvalue weighted by Crippen LogP contribution is 1.84. The quantitative estimate of drug-likeness (QED) is 0.540. The van der Waals surface area contributed by atoms with Crippen molar-refractivity contribution in [2.75, 3.05) is 0 Å². The molecule has 0 aromatic carbocycles. The Labute approximate surface area is 83.1 Å². The Morgan fingerprint density at radius 3 is 1.93 bits per heavy atom. The zero-order valence-corrected chi connectivity index (χ0v) is 7.86. The van der Waals surface area contributed by atoms with E-state index < -0.39 is 6.71 Å². The van der Waals surface area contributed by atoms with Gasteiger partial charge in [0.1, 0.15) is 0 Å². The number of pyridine rings is 1. The summed E-state index contributed by atoms with van der Waals surface area (Å²) >= 11 is 0. The van der Waals surface area contributed by atoms with Crippen LogP contribution in [-0.2, 0) is 0 Å². The molecule has 1 aromatic heterocycles. The van der Waals surface area contributed by atoms with Crippen LogP contribution < -0.4 is 4.98 Å². The molecule has 1 heterocycles. The van der Waals surface area contributed by atoms with Gasteiger partial charge in [-0.05, 0) is 13.0 Å². The van der Waals surface area contributed by atoms with E-state index in [1.165, 1.54) is 5.56 Å². The van der Waals surface area contributed by atoms with Crippen molar-refractivity contribution in [1.29, 1.82) is 15.8 Å². The first-order valence-corrected chi connectivity index (χ1v) is 4.05. The molecule has 0 radical (unpaired) electrons. The molecule has 0 saturated carbocycles. The molecule has 1 aromatic rings. The third kappa shape index (κ3) is 5.35. The minimum absolute atomic E-state index is 1.27. The monoisotopic (exact) mass is 184 g/mol. The van der Waals surface area contributed by atoms with E-state index in [1.807, 2.05) is 18.5 Å². The lowest BCUT2D eigenvalue weighted by molar-refractivity contribution is -0.378. The third-order valence-electron chi connectivity index (χ3n) is 1.34. The number of nitrogens with zero attached hydrogens (tertiary/aromatic N) is 3. The summed E-state index contributed by atoms with van der Waals surface area (Å²) < 4.78 is 0. The summed E-state index contributed by atoms with van der Waals surface area (Å²) in [5, 5.41) is 23.6. The molecule has 0 aliphatic carbocycles. The maximum Gasteiger partial charge on any atom is 0.286 e. The van der Waals surface area contributed by atoms with Crippen LogP contribution in [0.2, 0.25) is 0 Å². The standard InChI is InChI=1S/C6H7N.C3HBN3/c1-6-3-2-4-7-5-6;5-1-4(2-6)3-7/h2-5H,1H3;4H/q;-1/p+1. The van der Waals surface area contributed by atoms with Gasteiger partial charge in [0.2, 0.25) is 0 Å². The van der Waals surface area contributed by atoms with Crippen molar-refractivity contribution in [2.45, 2.75) is 6.92 Å². The molecule has 5 heteroatoms. The summed E-state index contributed by atoms with van der Waals surface area (Å²) in [5.41, 5.74) is 1.27. The van der Waals surface area contributed by atoms with Gasteiger partial charge in [0.05, 0.1) is 0 Å². The molecule has 0 fully saturated rings. The molecule has 1 N–H and O–H groups in total. The van der Waals surface area contributed by atoms with Crippen molar-refractivity contribution in [3.05, 3.63) is 30.1 Å². The van der Waals surface area contributed by atoms with Crippen molar-refractivity contribution in [2.24, 2.45) is 0 Å². The van der Waals surface area contributed by atoms with Gasteiger partial charge in [-0.2, -0.15) is 0 Å². The minimum Gasteiger partial charge on any atom is -0.247 e. The molecule has 0 spiro atoms. The fourth-order valence-corrected chi connectivity index (χ4v) is 0.589. The zero-order valence-electron chi connectivity index (χ0n) is 7.86. The van der Waals surface area contributed by atoms with E-state index in [0.717, 1.165) is 0 Å². The lowest BCUT2D eigenvalue weighted by Crippen LogP contribution is -2.01. The van der Waals surface area contributed by atoms with Crippen molar-refractivity contribution in [3.63, 3.8) is 0 Å². The second-order valence-corrected chi connectivity index (χ2v) is 2.59. The Morgan fingerprint density at radius 1 is 1.21 bits per heavy atom. The van der Waals surface area contributed by atoms with E-state index in [-0.39, 0.29) is 0 Å². The van der Waals surface area contributed by atoms with Gasteiger partial charge in [0, 0.05) is 11.6 Å². The number of rotatable bonds is 0. The van der Waals surface area contributed by atoms with Crippen LogP contribution in [0.15, 0.2) is 24.5 Å². The molecule has 0 unspecified atom stereocenters. The predicted molar refractivity (Wildman–Crippen MR) is 51.7 cm³/mol. The normalized spacial score (nSPS) is 7.36. The first-order valence-electron chi connectivity index (χ1n) is 4.05. The minimum atomic E-state index is -1.79. The van der Waals surface area contributed by atoms with Crippen LogP contribution in [0, 0.1) is 40.6 Å². The predicted octanol–water partition coefficient (Wildman–Crippen LogP) is 0.211. The van der Waals surface area contributed by atoms with Crippen LogP contribution in [0.5, 0.6) is 0 Å². The average molecular weight is 184 g/mol. The number of H-pyrrole nitrogens is 1. The summed E-state index contributed by atoms with van der Waals surface area (Å²) in [5.74, 6) is 4.69. The number of aromatic amines is 1. The highest BCUT2D eigenvalue weighted by molar-refractivity contribution is 6.81. The van der Waals surface area contributed by atoms with Crippen molar-refractivity contribution >= 4 is 6.71 Å². The van der Waals surface area contributed by atoms with Crippen molar-refractivity contribution in [1.82, 2.24) is 0 Å². The maximum atomic E-state index is 7.87. The highest BCUT2D eigenvalue weighted by atomic mass is 14.6. The van der Waals surface area contributed by atoms with E-state index in [0.29, 0.717) is 0 Å². The Bertz CT molecular complexity index is 349. The molecule has 0 atom stereocenters. The number of aromatic nitrogens is 1. The molecule has 0 amide bonds. The first-order chi connectivity index (χ1) is 6.74. The largest absolute Gasteiger partial charge is 0.286 e. The maximum absolute atomic E-state index is 7.87. The molecule has 0 saturated heterocycles. The van der Waals surface area contributed by atoms with Crippen LogP contribution in [0.1, 0.15) is 5.56 Å². The van der Waals surface area contributed by atoms with Crippen LogP contribution >= 0.6 is 0 Å². The zero-order chi connectivity index (χ0) is 10.8. The van der Waals surface area contributed by atoms with E-state index >= 15 is 0 Å². The van der Waals surface area contributed by atoms with E-state index in [4.69, 9.17) is 15.8 Å². The Kier molecular flexibility index (Phi) is 6.13. The molecule has 1 rings (SSSR count). The lowest BCUT2D eigenvalue weighted by Gasteiger charge is -1.79. The van der Waals surface area contributed by atoms with Gasteiger partial charge < -0.3 is 0 Å². The van der Waals surface area contributed by atoms with E-state index in [2.05, 4.69) is 18.0 Å². The number of aryl methyl sites for hydroxylation is 1. The summed E-state index contributed by atoms with van der Waals surface area (Å²) in [4.78, 5) is 2.96. The van der Waals surface area contributed by atoms with Crippen molar-refractivity contribution < 1.29 is 4.98 Å². The third-order valence-corrected chi connectivity index (χ3v) is 1.34. The van der Waals surface area contributed by atoms with Crippen LogP contribution in [-0.4, -0.2) is 6.71 Å². The number of hydrogen-bond donors (Lipinski definition) is 0. The Balaban J connectivity index is 0.000000241. The molecule has 0 aliphatic rings. The molecule has 68 valence electrons. The summed E-state index contributed by atoms with van der Waals surface area (Å²) in [6.07, 6.45) is 3.85. The van der Waals surface area contributed by atoms with Crippen LogP contribution in [0.25, 0.3) is 0 Å². The van der Waals surface area contributed by atoms with Gasteiger partial charge in [-0.25, -0.2) is 20.8 Å². The second-order valence-electron chi connectivity index (χ2n) is 2.59. The van der Waals surface area contributed by atoms with Crippen molar-refractivity contribution in [3.8, 4) is 17.9 Å².